The van der Waals surface area contributed by atoms with Crippen LogP contribution in [0.25, 0.3) is 10.9 Å². The van der Waals surface area contributed by atoms with Crippen molar-refractivity contribution < 1.29 is 23.9 Å². The number of ether oxygens (including phenoxy) is 1. The first-order chi connectivity index (χ1) is 19.4. The Morgan fingerprint density at radius 3 is 2.42 bits per heavy atom. The second-order valence-corrected chi connectivity index (χ2v) is 10.2. The van der Waals surface area contributed by atoms with E-state index in [1.165, 1.54) is 12.0 Å². The second-order valence-electron chi connectivity index (χ2n) is 9.78. The van der Waals surface area contributed by atoms with E-state index in [1.807, 2.05) is 29.2 Å². The number of carbonyl (C=O) groups excluding carboxylic acids is 4. The molecule has 2 aliphatic rings. The lowest BCUT2D eigenvalue weighted by molar-refractivity contribution is -0.118. The minimum Gasteiger partial charge on any atom is -0.464 e. The number of hydrogen-bond donors (Lipinski definition) is 2. The Morgan fingerprint density at radius 1 is 1.00 bits per heavy atom. The molecule has 4 aromatic rings. The van der Waals surface area contributed by atoms with Crippen LogP contribution in [0.4, 0.5) is 5.69 Å². The van der Waals surface area contributed by atoms with Crippen LogP contribution in [0.3, 0.4) is 0 Å². The number of carbonyl (C=O) groups is 4. The van der Waals surface area contributed by atoms with Gasteiger partial charge in [0.25, 0.3) is 11.8 Å². The minimum atomic E-state index is -0.641. The fourth-order valence-corrected chi connectivity index (χ4v) is 5.90. The van der Waals surface area contributed by atoms with E-state index in [9.17, 15) is 19.2 Å². The van der Waals surface area contributed by atoms with E-state index >= 15 is 0 Å². The van der Waals surface area contributed by atoms with Crippen LogP contribution in [-0.4, -0.2) is 65.2 Å². The van der Waals surface area contributed by atoms with Crippen molar-refractivity contribution in [1.82, 2.24) is 14.8 Å². The van der Waals surface area contributed by atoms with Crippen LogP contribution < -0.4 is 5.32 Å². The van der Waals surface area contributed by atoms with Gasteiger partial charge in [-0.15, -0.1) is 0 Å². The molecule has 40 heavy (non-hydrogen) atoms. The van der Waals surface area contributed by atoms with Crippen LogP contribution >= 0.6 is 11.6 Å². The highest BCUT2D eigenvalue weighted by molar-refractivity contribution is 6.37. The first-order valence-electron chi connectivity index (χ1n) is 12.8. The van der Waals surface area contributed by atoms with Gasteiger partial charge in [-0.3, -0.25) is 24.2 Å². The van der Waals surface area contributed by atoms with Crippen molar-refractivity contribution in [2.24, 2.45) is 0 Å². The highest BCUT2D eigenvalue weighted by Crippen LogP contribution is 2.36. The number of anilines is 1. The highest BCUT2D eigenvalue weighted by atomic mass is 35.5. The van der Waals surface area contributed by atoms with Gasteiger partial charge >= 0.3 is 5.97 Å². The molecule has 3 heterocycles. The lowest BCUT2D eigenvalue weighted by Gasteiger charge is -2.38. The summed E-state index contributed by atoms with van der Waals surface area (Å²) in [7, 11) is 1.26. The number of fused-ring (bicyclic) bond motifs is 3. The lowest BCUT2D eigenvalue weighted by atomic mass is 9.92. The second kappa shape index (κ2) is 10.3. The largest absolute Gasteiger partial charge is 0.464 e. The zero-order valence-electron chi connectivity index (χ0n) is 21.6. The van der Waals surface area contributed by atoms with Gasteiger partial charge in [0, 0.05) is 24.0 Å². The fraction of sp³-hybridized carbons (Fsp3) is 0.200. The number of benzene rings is 3. The van der Waals surface area contributed by atoms with Crippen LogP contribution in [0.15, 0.2) is 66.7 Å². The van der Waals surface area contributed by atoms with Crippen molar-refractivity contribution in [2.45, 2.75) is 12.5 Å². The summed E-state index contributed by atoms with van der Waals surface area (Å²) in [5, 5.41) is 3.74. The van der Waals surface area contributed by atoms with Gasteiger partial charge in [-0.25, -0.2) is 4.79 Å². The third-order valence-corrected chi connectivity index (χ3v) is 7.85. The molecule has 0 fully saturated rings. The molecule has 2 N–H and O–H groups in total. The maximum absolute atomic E-state index is 13.5. The Hall–Kier alpha value is -4.47. The number of halogens is 1. The van der Waals surface area contributed by atoms with Gasteiger partial charge in [0.15, 0.2) is 0 Å². The topological polar surface area (TPSA) is 112 Å². The third kappa shape index (κ3) is 4.33. The molecular weight excluding hydrogens is 532 g/mol. The number of esters is 1. The molecule has 10 heteroatoms. The zero-order valence-corrected chi connectivity index (χ0v) is 22.3. The fourth-order valence-electron chi connectivity index (χ4n) is 5.63. The van der Waals surface area contributed by atoms with Gasteiger partial charge in [0.1, 0.15) is 5.69 Å². The number of imide groups is 1. The van der Waals surface area contributed by atoms with Gasteiger partial charge in [-0.1, -0.05) is 54.1 Å². The third-order valence-electron chi connectivity index (χ3n) is 7.53. The SMILES string of the molecule is COC(=O)c1[nH]c2cccc(Cl)c2c1NC(=O)CN1CCc2ccccc2C1CN1C(=O)c2ccccc2C1=O. The number of H-pyrrole nitrogens is 1. The van der Waals surface area contributed by atoms with Crippen LogP contribution in [0.1, 0.15) is 48.4 Å². The van der Waals surface area contributed by atoms with Crippen LogP contribution in [0.2, 0.25) is 5.02 Å². The van der Waals surface area contributed by atoms with Crippen molar-refractivity contribution in [3.05, 3.63) is 99.7 Å². The Kier molecular flexibility index (Phi) is 6.61. The molecule has 9 nitrogen and oxygen atoms in total. The number of hydrogen-bond acceptors (Lipinski definition) is 6. The molecule has 1 unspecified atom stereocenters. The minimum absolute atomic E-state index is 0.0418. The summed E-state index contributed by atoms with van der Waals surface area (Å²) in [6.45, 7) is 0.597. The first kappa shape index (κ1) is 25.8. The Balaban J connectivity index is 1.29. The maximum atomic E-state index is 13.5. The number of nitrogens with zero attached hydrogens (tertiary/aromatic N) is 2. The summed E-state index contributed by atoms with van der Waals surface area (Å²) in [4.78, 5) is 58.5. The number of amides is 3. The monoisotopic (exact) mass is 556 g/mol. The standard InChI is InChI=1S/C30H25ClN4O5/c1-40-30(39)27-26(25-21(31)11-6-12-22(25)32-27)33-24(36)16-34-14-13-17-7-2-3-8-18(17)23(34)15-35-28(37)19-9-4-5-10-20(19)29(35)38/h2-12,23,32H,13-16H2,1H3,(H,33,36). The molecule has 202 valence electrons. The van der Waals surface area contributed by atoms with E-state index in [4.69, 9.17) is 16.3 Å². The average Bonchev–Trinajstić information content (AvgIpc) is 3.45. The van der Waals surface area contributed by atoms with E-state index in [-0.39, 0.29) is 42.2 Å². The molecule has 0 aliphatic carbocycles. The van der Waals surface area contributed by atoms with E-state index < -0.39 is 12.0 Å². The average molecular weight is 557 g/mol. The smallest absolute Gasteiger partial charge is 0.356 e. The zero-order chi connectivity index (χ0) is 28.0. The van der Waals surface area contributed by atoms with E-state index in [0.29, 0.717) is 40.0 Å². The summed E-state index contributed by atoms with van der Waals surface area (Å²) in [5.41, 5.74) is 3.75. The Labute approximate surface area is 234 Å². The number of aromatic nitrogens is 1. The molecule has 0 saturated heterocycles. The maximum Gasteiger partial charge on any atom is 0.356 e. The number of methoxy groups -OCH3 is 1. The normalized spacial score (nSPS) is 16.6. The molecule has 0 bridgehead atoms. The number of rotatable bonds is 6. The lowest BCUT2D eigenvalue weighted by Crippen LogP contribution is -2.46. The summed E-state index contributed by atoms with van der Waals surface area (Å²) in [6, 6.07) is 19.4. The number of nitrogens with one attached hydrogen (secondary N) is 2. The van der Waals surface area contributed by atoms with Crippen molar-refractivity contribution in [3.63, 3.8) is 0 Å². The van der Waals surface area contributed by atoms with E-state index in [0.717, 1.165) is 11.1 Å². The molecule has 1 aromatic heterocycles. The van der Waals surface area contributed by atoms with Crippen molar-refractivity contribution in [3.8, 4) is 0 Å². The molecule has 3 amide bonds. The summed E-state index contributed by atoms with van der Waals surface area (Å²) >= 11 is 6.44. The highest BCUT2D eigenvalue weighted by Gasteiger charge is 2.39. The Bertz CT molecular complexity index is 1660. The quantitative estimate of drug-likeness (QED) is 0.268. The molecular formula is C30H25ClN4O5. The first-order valence-corrected chi connectivity index (χ1v) is 13.2. The van der Waals surface area contributed by atoms with Crippen LogP contribution in [0.5, 0.6) is 0 Å². The van der Waals surface area contributed by atoms with Gasteiger partial charge in [-0.2, -0.15) is 0 Å². The van der Waals surface area contributed by atoms with Gasteiger partial charge < -0.3 is 15.0 Å². The van der Waals surface area contributed by atoms with E-state index in [1.54, 1.807) is 42.5 Å². The molecule has 0 radical (unpaired) electrons. The Morgan fingerprint density at radius 2 is 1.70 bits per heavy atom. The van der Waals surface area contributed by atoms with Crippen LogP contribution in [0, 0.1) is 0 Å². The van der Waals surface area contributed by atoms with E-state index in [2.05, 4.69) is 10.3 Å². The molecule has 2 aliphatic heterocycles. The summed E-state index contributed by atoms with van der Waals surface area (Å²) < 4.78 is 4.91. The van der Waals surface area contributed by atoms with Crippen molar-refractivity contribution in [1.29, 1.82) is 0 Å². The predicted octanol–water partition coefficient (Wildman–Crippen LogP) is 4.44. The molecule has 1 atom stereocenters. The van der Waals surface area contributed by atoms with Gasteiger partial charge in [-0.05, 0) is 41.8 Å². The molecule has 0 spiro atoms. The summed E-state index contributed by atoms with van der Waals surface area (Å²) in [6.07, 6.45) is 0.703. The van der Waals surface area contributed by atoms with Gasteiger partial charge in [0.2, 0.25) is 5.91 Å². The van der Waals surface area contributed by atoms with Gasteiger partial charge in [0.05, 0.1) is 41.5 Å². The predicted molar refractivity (Wildman–Crippen MR) is 150 cm³/mol. The van der Waals surface area contributed by atoms with Crippen molar-refractivity contribution >= 4 is 51.9 Å². The van der Waals surface area contributed by atoms with Crippen LogP contribution in [-0.2, 0) is 16.0 Å². The molecule has 6 rings (SSSR count). The molecule has 0 saturated carbocycles. The summed E-state index contributed by atoms with van der Waals surface area (Å²) in [5.74, 6) is -1.70. The number of aromatic amines is 1. The van der Waals surface area contributed by atoms with Crippen molar-refractivity contribution in [2.75, 3.05) is 32.1 Å². The molecule has 3 aromatic carbocycles.